The first kappa shape index (κ1) is 41.6. The van der Waals surface area contributed by atoms with Gasteiger partial charge in [0.05, 0.1) is 9.77 Å². The summed E-state index contributed by atoms with van der Waals surface area (Å²) < 4.78 is 45.1. The molecule has 1 unspecified atom stereocenters. The van der Waals surface area contributed by atoms with E-state index < -0.39 is 74.7 Å². The van der Waals surface area contributed by atoms with Gasteiger partial charge >= 0.3 is 17.9 Å². The van der Waals surface area contributed by atoms with Gasteiger partial charge in [-0.15, -0.1) is 11.3 Å². The largest absolute Gasteiger partial charge is 0.459 e. The Morgan fingerprint density at radius 1 is 0.788 bits per heavy atom. The van der Waals surface area contributed by atoms with Crippen LogP contribution in [0.15, 0.2) is 71.6 Å². The van der Waals surface area contributed by atoms with Crippen molar-refractivity contribution in [3.63, 3.8) is 0 Å². The third-order valence-corrected chi connectivity index (χ3v) is 9.27. The third-order valence-electron chi connectivity index (χ3n) is 6.65. The van der Waals surface area contributed by atoms with Gasteiger partial charge in [-0.25, -0.2) is 18.0 Å². The van der Waals surface area contributed by atoms with E-state index in [4.69, 9.17) is 25.4 Å². The van der Waals surface area contributed by atoms with Crippen molar-refractivity contribution in [1.29, 1.82) is 5.41 Å². The summed E-state index contributed by atoms with van der Waals surface area (Å²) in [6.07, 6.45) is 0. The van der Waals surface area contributed by atoms with Crippen LogP contribution < -0.4 is 21.1 Å². The van der Waals surface area contributed by atoms with Crippen LogP contribution in [0.25, 0.3) is 10.4 Å². The average molecular weight is 758 g/mol. The highest BCUT2D eigenvalue weighted by atomic mass is 32.2. The Kier molecular flexibility index (Phi) is 12.7. The Labute approximate surface area is 308 Å². The van der Waals surface area contributed by atoms with Crippen molar-refractivity contribution in [1.82, 2.24) is 15.4 Å². The van der Waals surface area contributed by atoms with E-state index in [0.717, 1.165) is 11.3 Å². The van der Waals surface area contributed by atoms with Gasteiger partial charge in [0.25, 0.3) is 11.4 Å². The normalized spacial score (nSPS) is 13.0. The molecule has 3 aromatic rings. The number of thiophene rings is 1. The zero-order chi connectivity index (χ0) is 39.3. The molecule has 0 aliphatic carbocycles. The smallest absolute Gasteiger partial charge is 0.349 e. The molecule has 1 heterocycles. The summed E-state index contributed by atoms with van der Waals surface area (Å²) in [5, 5.41) is 13.1. The minimum Gasteiger partial charge on any atom is -0.459 e. The van der Waals surface area contributed by atoms with Gasteiger partial charge in [-0.05, 0) is 98.2 Å². The molecule has 52 heavy (non-hydrogen) atoms. The van der Waals surface area contributed by atoms with Crippen LogP contribution in [0.2, 0.25) is 0 Å². The van der Waals surface area contributed by atoms with E-state index in [1.54, 1.807) is 86.6 Å². The number of guanidine groups is 1. The minimum atomic E-state index is -4.15. The molecule has 282 valence electrons. The van der Waals surface area contributed by atoms with Gasteiger partial charge in [-0.2, -0.15) is 4.72 Å². The summed E-state index contributed by atoms with van der Waals surface area (Å²) in [5.41, 5.74) is 0.911. The highest BCUT2D eigenvalue weighted by Gasteiger charge is 2.54. The molecule has 0 aliphatic rings. The molecule has 1 amide bonds. The number of benzene rings is 2. The number of carbonyl (C=O) groups excluding carboxylic acids is 4. The minimum absolute atomic E-state index is 0.0639. The van der Waals surface area contributed by atoms with E-state index in [1.165, 1.54) is 42.5 Å². The number of ether oxygens (including phenoxy) is 3. The van der Waals surface area contributed by atoms with E-state index in [2.05, 4.69) is 15.4 Å². The first-order chi connectivity index (χ1) is 23.8. The number of carbonyl (C=O) groups is 4. The van der Waals surface area contributed by atoms with Crippen molar-refractivity contribution in [3.8, 4) is 10.4 Å². The van der Waals surface area contributed by atoms with Gasteiger partial charge in [-0.1, -0.05) is 36.4 Å². The van der Waals surface area contributed by atoms with E-state index in [1.807, 2.05) is 0 Å². The van der Waals surface area contributed by atoms with Gasteiger partial charge in [0.1, 0.15) is 22.8 Å². The lowest BCUT2D eigenvalue weighted by molar-refractivity contribution is -0.179. The lowest BCUT2D eigenvalue weighted by Crippen LogP contribution is -2.61. The summed E-state index contributed by atoms with van der Waals surface area (Å²) in [6, 6.07) is 15.5. The van der Waals surface area contributed by atoms with Crippen molar-refractivity contribution in [2.45, 2.75) is 95.6 Å². The molecule has 0 saturated carbocycles. The summed E-state index contributed by atoms with van der Waals surface area (Å²) >= 11 is 1.06. The van der Waals surface area contributed by atoms with Crippen LogP contribution in [0.5, 0.6) is 0 Å². The monoisotopic (exact) mass is 757 g/mol. The number of hydrogen-bond donors (Lipinski definition) is 5. The molecule has 14 nitrogen and oxygen atoms in total. The molecule has 0 aliphatic heterocycles. The first-order valence-electron chi connectivity index (χ1n) is 16.2. The maximum atomic E-state index is 13.8. The van der Waals surface area contributed by atoms with Crippen LogP contribution >= 0.6 is 11.3 Å². The maximum Gasteiger partial charge on any atom is 0.349 e. The Hall–Kier alpha value is -4.80. The van der Waals surface area contributed by atoms with Crippen molar-refractivity contribution in [3.05, 3.63) is 77.2 Å². The third kappa shape index (κ3) is 11.4. The van der Waals surface area contributed by atoms with E-state index in [0.29, 0.717) is 10.4 Å². The van der Waals surface area contributed by atoms with E-state index in [-0.39, 0.29) is 15.3 Å². The fraction of sp³-hybridized carbons (Fsp3) is 0.417. The molecule has 2 aromatic carbocycles. The second-order valence-electron chi connectivity index (χ2n) is 14.8. The van der Waals surface area contributed by atoms with Gasteiger partial charge in [0.15, 0.2) is 5.96 Å². The van der Waals surface area contributed by atoms with Crippen molar-refractivity contribution in [2.24, 2.45) is 5.73 Å². The number of nitrogens with two attached hydrogens (primary N) is 1. The highest BCUT2D eigenvalue weighted by molar-refractivity contribution is 7.89. The van der Waals surface area contributed by atoms with Crippen LogP contribution in [0.4, 0.5) is 0 Å². The molecule has 1 atom stereocenters. The summed E-state index contributed by atoms with van der Waals surface area (Å²) in [4.78, 5) is 54.7. The number of rotatable bonds is 12. The van der Waals surface area contributed by atoms with Gasteiger partial charge < -0.3 is 30.6 Å². The zero-order valence-electron chi connectivity index (χ0n) is 30.7. The molecule has 0 spiro atoms. The molecule has 3 rings (SSSR count). The van der Waals surface area contributed by atoms with Crippen LogP contribution in [0, 0.1) is 5.41 Å². The number of sulfonamides is 1. The predicted molar refractivity (Wildman–Crippen MR) is 197 cm³/mol. The van der Waals surface area contributed by atoms with Gasteiger partial charge in [0.2, 0.25) is 10.0 Å². The molecular formula is C36H47N5O9S2. The van der Waals surface area contributed by atoms with Crippen molar-refractivity contribution >= 4 is 51.1 Å². The number of esters is 3. The topological polar surface area (TPSA) is 216 Å². The van der Waals surface area contributed by atoms with Crippen LogP contribution in [0.1, 0.15) is 77.5 Å². The van der Waals surface area contributed by atoms with Crippen molar-refractivity contribution in [2.75, 3.05) is 6.54 Å². The summed E-state index contributed by atoms with van der Waals surface area (Å²) in [7, 11) is -4.15. The van der Waals surface area contributed by atoms with Crippen LogP contribution in [0.3, 0.4) is 0 Å². The average Bonchev–Trinajstić information content (AvgIpc) is 3.50. The fourth-order valence-electron chi connectivity index (χ4n) is 4.61. The Morgan fingerprint density at radius 2 is 1.35 bits per heavy atom. The van der Waals surface area contributed by atoms with Gasteiger partial charge in [-0.3, -0.25) is 15.0 Å². The molecule has 0 fully saturated rings. The predicted octanol–water partition coefficient (Wildman–Crippen LogP) is 4.20. The zero-order valence-corrected chi connectivity index (χ0v) is 32.3. The number of hydrogen-bond acceptors (Lipinski definition) is 11. The number of amides is 1. The quantitative estimate of drug-likeness (QED) is 0.0580. The van der Waals surface area contributed by atoms with Crippen molar-refractivity contribution < 1.29 is 41.8 Å². The summed E-state index contributed by atoms with van der Waals surface area (Å²) in [6.45, 7) is 14.2. The van der Waals surface area contributed by atoms with E-state index >= 15 is 0 Å². The molecule has 16 heteroatoms. The second kappa shape index (κ2) is 15.8. The standard InChI is InChI=1S/C36H47N5O9S2/c1-33(2,3)48-29(43)25(41-52(46,47)24-16-11-10-12-17-24)21-39-28(42)27-19-18-26(51-27)22-14-13-15-23(20-22)36(40-32(37)38,30(44)49-34(4,5)6)31(45)50-35(7,8)9/h10-20,25,41H,21H2,1-9H3,(H,39,42)(H4,37,38,40). The highest BCUT2D eigenvalue weighted by Crippen LogP contribution is 2.34. The van der Waals surface area contributed by atoms with E-state index in [9.17, 15) is 27.6 Å². The van der Waals surface area contributed by atoms with Gasteiger partial charge in [0, 0.05) is 17.0 Å². The molecule has 1 aromatic heterocycles. The Bertz CT molecular complexity index is 1880. The van der Waals surface area contributed by atoms with Crippen LogP contribution in [-0.2, 0) is 44.2 Å². The molecular weight excluding hydrogens is 711 g/mol. The lowest BCUT2D eigenvalue weighted by Gasteiger charge is -2.35. The molecule has 0 saturated heterocycles. The maximum absolute atomic E-state index is 13.8. The molecule has 0 radical (unpaired) electrons. The molecule has 6 N–H and O–H groups in total. The second-order valence-corrected chi connectivity index (χ2v) is 17.6. The Balaban J connectivity index is 1.96. The Morgan fingerprint density at radius 3 is 1.87 bits per heavy atom. The first-order valence-corrected chi connectivity index (χ1v) is 18.5. The fourth-order valence-corrected chi connectivity index (χ4v) is 6.73. The number of nitrogens with one attached hydrogen (secondary N) is 4. The molecule has 0 bridgehead atoms. The van der Waals surface area contributed by atoms with Crippen LogP contribution in [-0.4, -0.2) is 67.6 Å². The lowest BCUT2D eigenvalue weighted by atomic mass is 9.87. The SMILES string of the molecule is CC(C)(C)OC(=O)C(CNC(=O)c1ccc(-c2cccc(C(NC(=N)N)(C(=O)OC(C)(C)C)C(=O)OC(C)(C)C)c2)s1)NS(=O)(=O)c1ccccc1. The summed E-state index contributed by atoms with van der Waals surface area (Å²) in [5.74, 6) is -4.26.